The quantitative estimate of drug-likeness (QED) is 0.121. The van der Waals surface area contributed by atoms with Crippen LogP contribution in [0.5, 0.6) is 0 Å². The number of rotatable bonds is 12. The van der Waals surface area contributed by atoms with E-state index in [1.807, 2.05) is 0 Å². The van der Waals surface area contributed by atoms with Gasteiger partial charge in [0.1, 0.15) is 0 Å². The second-order valence-corrected chi connectivity index (χ2v) is 21.0. The Balaban J connectivity index is 0.856. The molecule has 0 fully saturated rings. The molecule has 0 N–H and O–H groups in total. The summed E-state index contributed by atoms with van der Waals surface area (Å²) in [4.78, 5) is 4.78. The molecule has 0 aliphatic carbocycles. The van der Waals surface area contributed by atoms with Crippen LogP contribution in [0.15, 0.2) is 328 Å². The molecule has 2 heterocycles. The summed E-state index contributed by atoms with van der Waals surface area (Å²) < 4.78 is 4.88. The van der Waals surface area contributed by atoms with Crippen molar-refractivity contribution < 1.29 is 0 Å². The van der Waals surface area contributed by atoms with E-state index in [1.165, 1.54) is 43.8 Å². The fourth-order valence-corrected chi connectivity index (χ4v) is 12.1. The van der Waals surface area contributed by atoms with Crippen LogP contribution in [0.3, 0.4) is 0 Å². The van der Waals surface area contributed by atoms with Gasteiger partial charge in [-0.1, -0.05) is 218 Å². The van der Waals surface area contributed by atoms with Crippen LogP contribution in [0.25, 0.3) is 99.5 Å². The lowest BCUT2D eigenvalue weighted by molar-refractivity contribution is 1.13. The average molecular weight is 1050 g/mol. The van der Waals surface area contributed by atoms with E-state index in [4.69, 9.17) is 0 Å². The predicted octanol–water partition coefficient (Wildman–Crippen LogP) is 21.5. The molecule has 0 unspecified atom stereocenters. The van der Waals surface area contributed by atoms with Crippen molar-refractivity contribution in [3.63, 3.8) is 0 Å². The normalized spacial score (nSPS) is 11.4. The molecule has 15 aromatic rings. The Morgan fingerprint density at radius 2 is 0.500 bits per heavy atom. The first kappa shape index (κ1) is 48.2. The van der Waals surface area contributed by atoms with E-state index in [0.29, 0.717) is 0 Å². The van der Waals surface area contributed by atoms with E-state index < -0.39 is 0 Å². The van der Waals surface area contributed by atoms with Gasteiger partial charge in [-0.3, -0.25) is 0 Å². The van der Waals surface area contributed by atoms with Gasteiger partial charge in [0.25, 0.3) is 0 Å². The molecule has 0 aliphatic rings. The summed E-state index contributed by atoms with van der Waals surface area (Å²) in [5.74, 6) is 0. The van der Waals surface area contributed by atoms with Crippen LogP contribution >= 0.6 is 0 Å². The van der Waals surface area contributed by atoms with E-state index in [0.717, 1.165) is 89.8 Å². The molecule has 386 valence electrons. The highest BCUT2D eigenvalue weighted by molar-refractivity contribution is 6.04. The van der Waals surface area contributed by atoms with Gasteiger partial charge in [-0.2, -0.15) is 0 Å². The molecule has 13 aromatic carbocycles. The fraction of sp³-hybridized carbons (Fsp3) is 0. The maximum absolute atomic E-state index is 2.44. The summed E-state index contributed by atoms with van der Waals surface area (Å²) in [7, 11) is 0. The molecular weight excluding hydrogens is 993 g/mol. The first-order valence-electron chi connectivity index (χ1n) is 28.1. The molecule has 0 bridgehead atoms. The number of hydrogen-bond donors (Lipinski definition) is 0. The van der Waals surface area contributed by atoms with Gasteiger partial charge in [-0.15, -0.1) is 0 Å². The lowest BCUT2D eigenvalue weighted by atomic mass is 10.0. The van der Waals surface area contributed by atoms with Crippen molar-refractivity contribution in [2.24, 2.45) is 0 Å². The minimum atomic E-state index is 1.07. The highest BCUT2D eigenvalue weighted by Gasteiger charge is 2.22. The largest absolute Gasteiger partial charge is 0.310 e. The number of fused-ring (bicyclic) bond motifs is 4. The predicted molar refractivity (Wildman–Crippen MR) is 346 cm³/mol. The molecule has 2 aromatic heterocycles. The van der Waals surface area contributed by atoms with Crippen molar-refractivity contribution >= 4 is 77.5 Å². The van der Waals surface area contributed by atoms with Crippen molar-refractivity contribution in [2.75, 3.05) is 9.80 Å². The van der Waals surface area contributed by atoms with Crippen LogP contribution < -0.4 is 9.80 Å². The molecular formula is C78H54N4. The molecule has 0 spiro atoms. The highest BCUT2D eigenvalue weighted by Crippen LogP contribution is 2.44. The molecule has 0 aliphatic heterocycles. The first-order chi connectivity index (χ1) is 40.7. The lowest BCUT2D eigenvalue weighted by Crippen LogP contribution is -2.10. The first-order valence-corrected chi connectivity index (χ1v) is 28.1. The molecule has 4 nitrogen and oxygen atoms in total. The fourth-order valence-electron chi connectivity index (χ4n) is 12.1. The van der Waals surface area contributed by atoms with E-state index in [1.54, 1.807) is 0 Å². The second-order valence-electron chi connectivity index (χ2n) is 21.0. The Morgan fingerprint density at radius 3 is 0.866 bits per heavy atom. The number of anilines is 6. The van der Waals surface area contributed by atoms with Gasteiger partial charge in [0.05, 0.1) is 33.8 Å². The van der Waals surface area contributed by atoms with E-state index in [9.17, 15) is 0 Å². The van der Waals surface area contributed by atoms with Crippen molar-refractivity contribution in [1.82, 2.24) is 9.13 Å². The number of nitrogens with zero attached hydrogens (tertiary/aromatic N) is 4. The van der Waals surface area contributed by atoms with Crippen molar-refractivity contribution in [3.05, 3.63) is 328 Å². The van der Waals surface area contributed by atoms with Crippen LogP contribution in [0.2, 0.25) is 0 Å². The van der Waals surface area contributed by atoms with Gasteiger partial charge in [0.15, 0.2) is 0 Å². The van der Waals surface area contributed by atoms with Crippen LogP contribution in [-0.2, 0) is 0 Å². The Labute approximate surface area is 477 Å². The van der Waals surface area contributed by atoms with Crippen LogP contribution in [-0.4, -0.2) is 9.13 Å². The minimum absolute atomic E-state index is 1.07. The SMILES string of the molecule is c1ccc(-c2ccc(N(c3ccc(-n4c(-c5ccccc5)cc5cc6c(cc(-c7ccccc7)n6-c6ccc(N(c7ccc(-c8ccccc8)cc7)c7cccc8ccccc78)cc6)cc54)cc3)c3cccc4ccccc34)cc2)cc1. The standard InChI is InChI=1S/C78H54N4/c1-5-19-55(20-6-1)57-35-39-65(40-36-57)79(73-33-17-29-59-23-13-15-31-71(59)73)67-43-47-69(48-44-67)81-75(61-25-9-3-10-26-61)51-63-54-78-64(53-77(63)81)52-76(62-27-11-4-12-28-62)82(78)70-49-45-68(46-50-70)80(74-34-18-30-60-24-14-16-32-72(60)74)66-41-37-58(38-42-66)56-21-7-2-8-22-56/h1-54H. The maximum atomic E-state index is 2.44. The molecule has 0 atom stereocenters. The Kier molecular flexibility index (Phi) is 12.2. The monoisotopic (exact) mass is 1050 g/mol. The van der Waals surface area contributed by atoms with Gasteiger partial charge in [0, 0.05) is 55.7 Å². The topological polar surface area (TPSA) is 16.3 Å². The molecule has 15 rings (SSSR count). The van der Waals surface area contributed by atoms with Gasteiger partial charge < -0.3 is 18.9 Å². The Bertz CT molecular complexity index is 4420. The average Bonchev–Trinajstić information content (AvgIpc) is 4.28. The van der Waals surface area contributed by atoms with Gasteiger partial charge >= 0.3 is 0 Å². The van der Waals surface area contributed by atoms with Gasteiger partial charge in [-0.25, -0.2) is 0 Å². The molecule has 0 saturated heterocycles. The van der Waals surface area contributed by atoms with Crippen LogP contribution in [0.1, 0.15) is 0 Å². The van der Waals surface area contributed by atoms with Crippen molar-refractivity contribution in [1.29, 1.82) is 0 Å². The maximum Gasteiger partial charge on any atom is 0.0542 e. The lowest BCUT2D eigenvalue weighted by Gasteiger charge is -2.27. The Morgan fingerprint density at radius 1 is 0.207 bits per heavy atom. The third-order valence-electron chi connectivity index (χ3n) is 16.1. The van der Waals surface area contributed by atoms with E-state index in [2.05, 4.69) is 347 Å². The third kappa shape index (κ3) is 8.76. The number of benzene rings is 13. The second kappa shape index (κ2) is 20.7. The Hall–Kier alpha value is -10.9. The van der Waals surface area contributed by atoms with Crippen molar-refractivity contribution in [3.8, 4) is 56.1 Å². The summed E-state index contributed by atoms with van der Waals surface area (Å²) >= 11 is 0. The summed E-state index contributed by atoms with van der Waals surface area (Å²) in [5.41, 5.74) is 20.3. The zero-order valence-corrected chi connectivity index (χ0v) is 45.0. The summed E-state index contributed by atoms with van der Waals surface area (Å²) in [5, 5.41) is 7.10. The summed E-state index contributed by atoms with van der Waals surface area (Å²) in [6.45, 7) is 0. The van der Waals surface area contributed by atoms with E-state index in [-0.39, 0.29) is 0 Å². The number of aromatic nitrogens is 2. The molecule has 0 radical (unpaired) electrons. The van der Waals surface area contributed by atoms with Crippen LogP contribution in [0.4, 0.5) is 34.1 Å². The molecule has 82 heavy (non-hydrogen) atoms. The van der Waals surface area contributed by atoms with E-state index >= 15 is 0 Å². The van der Waals surface area contributed by atoms with Gasteiger partial charge in [0.2, 0.25) is 0 Å². The van der Waals surface area contributed by atoms with Crippen molar-refractivity contribution in [2.45, 2.75) is 0 Å². The smallest absolute Gasteiger partial charge is 0.0542 e. The zero-order valence-electron chi connectivity index (χ0n) is 45.0. The zero-order chi connectivity index (χ0) is 54.3. The minimum Gasteiger partial charge on any atom is -0.310 e. The summed E-state index contributed by atoms with van der Waals surface area (Å²) in [6.07, 6.45) is 0. The highest BCUT2D eigenvalue weighted by atomic mass is 15.2. The summed E-state index contributed by atoms with van der Waals surface area (Å²) in [6, 6.07) is 119. The van der Waals surface area contributed by atoms with Crippen LogP contribution in [0, 0.1) is 0 Å². The van der Waals surface area contributed by atoms with Gasteiger partial charge in [-0.05, 0) is 153 Å². The number of hydrogen-bond acceptors (Lipinski definition) is 2. The molecule has 0 amide bonds. The molecule has 4 heteroatoms. The molecule has 0 saturated carbocycles. The third-order valence-corrected chi connectivity index (χ3v) is 16.1.